The largest absolute Gasteiger partial charge is 0.472 e. The fourth-order valence-electron chi connectivity index (χ4n) is 1.87. The lowest BCUT2D eigenvalue weighted by molar-refractivity contribution is 0.552. The fraction of sp³-hybridized carbons (Fsp3) is 0. The van der Waals surface area contributed by atoms with Crippen LogP contribution in [-0.2, 0) is 0 Å². The lowest BCUT2D eigenvalue weighted by Crippen LogP contribution is -1.77. The van der Waals surface area contributed by atoms with Gasteiger partial charge in [0, 0.05) is 5.56 Å². The summed E-state index contributed by atoms with van der Waals surface area (Å²) in [5.41, 5.74) is 4.85. The number of fused-ring (bicyclic) bond motifs is 1. The highest BCUT2D eigenvalue weighted by Gasteiger charge is 2.10. The highest BCUT2D eigenvalue weighted by atomic mass is 16.3. The Kier molecular flexibility index (Phi) is 1.82. The molecule has 1 aromatic rings. The minimum atomic E-state index is 1.17. The Hall–Kier alpha value is -2.02. The maximum atomic E-state index is 5.21. The molecule has 0 N–H and O–H groups in total. The van der Waals surface area contributed by atoms with Crippen molar-refractivity contribution in [2.24, 2.45) is 0 Å². The number of hydrogen-bond donors (Lipinski definition) is 0. The molecular weight excluding hydrogens is 184 g/mol. The van der Waals surface area contributed by atoms with Crippen LogP contribution in [0.25, 0.3) is 22.3 Å². The van der Waals surface area contributed by atoms with Crippen molar-refractivity contribution >= 4 is 0 Å². The van der Waals surface area contributed by atoms with Crippen molar-refractivity contribution in [2.45, 2.75) is 0 Å². The first-order valence-electron chi connectivity index (χ1n) is 4.95. The molecule has 0 bridgehead atoms. The summed E-state index contributed by atoms with van der Waals surface area (Å²) < 4.78 is 5.21. The summed E-state index contributed by atoms with van der Waals surface area (Å²) in [4.78, 5) is 0. The van der Waals surface area contributed by atoms with E-state index in [-0.39, 0.29) is 0 Å². The number of hydrogen-bond acceptors (Lipinski definition) is 1. The van der Waals surface area contributed by atoms with Gasteiger partial charge in [0.1, 0.15) is 0 Å². The average molecular weight is 194 g/mol. The van der Waals surface area contributed by atoms with E-state index in [0.717, 1.165) is 0 Å². The van der Waals surface area contributed by atoms with Crippen molar-refractivity contribution in [3.63, 3.8) is 0 Å². The third-order valence-electron chi connectivity index (χ3n) is 2.63. The van der Waals surface area contributed by atoms with Crippen molar-refractivity contribution < 1.29 is 4.42 Å². The van der Waals surface area contributed by atoms with Gasteiger partial charge in [-0.05, 0) is 22.8 Å². The van der Waals surface area contributed by atoms with Gasteiger partial charge in [-0.15, -0.1) is 0 Å². The van der Waals surface area contributed by atoms with Gasteiger partial charge in [0.25, 0.3) is 0 Å². The van der Waals surface area contributed by atoms with Gasteiger partial charge in [-0.2, -0.15) is 0 Å². The van der Waals surface area contributed by atoms with Crippen molar-refractivity contribution in [1.29, 1.82) is 0 Å². The predicted molar refractivity (Wildman–Crippen MR) is 60.8 cm³/mol. The van der Waals surface area contributed by atoms with Crippen LogP contribution in [0.5, 0.6) is 0 Å². The van der Waals surface area contributed by atoms with Crippen LogP contribution in [0.2, 0.25) is 0 Å². The maximum absolute atomic E-state index is 5.21. The molecule has 0 saturated carbocycles. The average Bonchev–Trinajstić information content (AvgIpc) is 2.74. The van der Waals surface area contributed by atoms with Crippen LogP contribution in [0.4, 0.5) is 0 Å². The molecule has 0 radical (unpaired) electrons. The predicted octanol–water partition coefficient (Wildman–Crippen LogP) is 4.05. The molecule has 1 aliphatic carbocycles. The molecule has 0 aromatic heterocycles. The molecule has 0 spiro atoms. The van der Waals surface area contributed by atoms with Crippen LogP contribution >= 0.6 is 0 Å². The Morgan fingerprint density at radius 3 is 2.33 bits per heavy atom. The molecule has 1 aromatic carbocycles. The standard InChI is InChI=1S/C14H10O/c1-2-4-11(5-3-1)13-7-6-12-8-9-15-10-14(12)13/h1-10H. The van der Waals surface area contributed by atoms with Crippen LogP contribution in [0, 0.1) is 0 Å². The summed E-state index contributed by atoms with van der Waals surface area (Å²) in [7, 11) is 0. The molecular formula is C14H10O. The first-order chi connectivity index (χ1) is 7.45. The van der Waals surface area contributed by atoms with Crippen molar-refractivity contribution in [3.05, 3.63) is 61.1 Å². The molecule has 72 valence electrons. The topological polar surface area (TPSA) is 13.1 Å². The molecule has 0 fully saturated rings. The van der Waals surface area contributed by atoms with E-state index in [1.54, 1.807) is 12.5 Å². The molecule has 0 unspecified atom stereocenters. The second-order valence-corrected chi connectivity index (χ2v) is 3.54. The fourth-order valence-corrected chi connectivity index (χ4v) is 1.87. The van der Waals surface area contributed by atoms with Crippen molar-refractivity contribution in [3.8, 4) is 22.3 Å². The van der Waals surface area contributed by atoms with E-state index in [4.69, 9.17) is 4.42 Å². The molecule has 2 aliphatic rings. The number of rotatable bonds is 1. The molecule has 1 nitrogen and oxygen atoms in total. The highest BCUT2D eigenvalue weighted by molar-refractivity contribution is 5.85. The van der Waals surface area contributed by atoms with Crippen LogP contribution in [0.15, 0.2) is 65.5 Å². The van der Waals surface area contributed by atoms with E-state index in [2.05, 4.69) is 24.3 Å². The van der Waals surface area contributed by atoms with E-state index in [0.29, 0.717) is 0 Å². The van der Waals surface area contributed by atoms with Crippen LogP contribution < -0.4 is 0 Å². The molecule has 0 amide bonds. The SMILES string of the molecule is c1ccc(-c2ccc3ccocc2-3)cc1. The molecule has 0 saturated heterocycles. The van der Waals surface area contributed by atoms with Crippen molar-refractivity contribution in [2.75, 3.05) is 0 Å². The van der Waals surface area contributed by atoms with E-state index < -0.39 is 0 Å². The van der Waals surface area contributed by atoms with E-state index >= 15 is 0 Å². The van der Waals surface area contributed by atoms with Gasteiger partial charge in [0.2, 0.25) is 0 Å². The summed E-state index contributed by atoms with van der Waals surface area (Å²) in [5, 5.41) is 0. The Morgan fingerprint density at radius 2 is 1.47 bits per heavy atom. The smallest absolute Gasteiger partial charge is 0.0986 e. The summed E-state index contributed by atoms with van der Waals surface area (Å²) in [5.74, 6) is 0. The second kappa shape index (κ2) is 3.28. The van der Waals surface area contributed by atoms with Crippen LogP contribution in [-0.4, -0.2) is 0 Å². The van der Waals surface area contributed by atoms with Crippen LogP contribution in [0.1, 0.15) is 0 Å². The zero-order chi connectivity index (χ0) is 10.1. The van der Waals surface area contributed by atoms with Gasteiger partial charge < -0.3 is 4.42 Å². The highest BCUT2D eigenvalue weighted by Crippen LogP contribution is 2.34. The van der Waals surface area contributed by atoms with E-state index in [9.17, 15) is 0 Å². The summed E-state index contributed by atoms with van der Waals surface area (Å²) >= 11 is 0. The van der Waals surface area contributed by atoms with Gasteiger partial charge in [-0.25, -0.2) is 0 Å². The Bertz CT molecular complexity index is 536. The zero-order valence-electron chi connectivity index (χ0n) is 8.18. The van der Waals surface area contributed by atoms with Crippen LogP contribution in [0.3, 0.4) is 0 Å². The summed E-state index contributed by atoms with van der Waals surface area (Å²) in [6.45, 7) is 0. The van der Waals surface area contributed by atoms with Gasteiger partial charge >= 0.3 is 0 Å². The van der Waals surface area contributed by atoms with Gasteiger partial charge in [0.05, 0.1) is 12.5 Å². The quantitative estimate of drug-likeness (QED) is 0.569. The first-order valence-corrected chi connectivity index (χ1v) is 4.95. The summed E-state index contributed by atoms with van der Waals surface area (Å²) in [6, 6.07) is 16.6. The normalized spacial score (nSPS) is 10.7. The Labute approximate surface area is 88.3 Å². The molecule has 1 aliphatic heterocycles. The van der Waals surface area contributed by atoms with Gasteiger partial charge in [-0.3, -0.25) is 0 Å². The molecule has 1 heteroatoms. The second-order valence-electron chi connectivity index (χ2n) is 3.54. The lowest BCUT2D eigenvalue weighted by Gasteiger charge is -2.02. The first kappa shape index (κ1) is 8.30. The van der Waals surface area contributed by atoms with E-state index in [1.807, 2.05) is 24.3 Å². The van der Waals surface area contributed by atoms with Gasteiger partial charge in [0.15, 0.2) is 0 Å². The third-order valence-corrected chi connectivity index (χ3v) is 2.63. The van der Waals surface area contributed by atoms with Crippen molar-refractivity contribution in [1.82, 2.24) is 0 Å². The Balaban J connectivity index is 2.22. The molecule has 1 heterocycles. The minimum Gasteiger partial charge on any atom is -0.472 e. The summed E-state index contributed by atoms with van der Waals surface area (Å²) in [6.07, 6.45) is 3.51. The molecule has 15 heavy (non-hydrogen) atoms. The minimum absolute atomic E-state index is 1.17. The molecule has 0 atom stereocenters. The van der Waals surface area contributed by atoms with Gasteiger partial charge in [-0.1, -0.05) is 42.5 Å². The monoisotopic (exact) mass is 194 g/mol. The van der Waals surface area contributed by atoms with E-state index in [1.165, 1.54) is 22.3 Å². The maximum Gasteiger partial charge on any atom is 0.0986 e. The number of benzene rings is 1. The Morgan fingerprint density at radius 1 is 0.667 bits per heavy atom. The lowest BCUT2D eigenvalue weighted by atomic mass is 10.0. The molecule has 3 rings (SSSR count). The zero-order valence-corrected chi connectivity index (χ0v) is 8.18. The third kappa shape index (κ3) is 1.33.